The van der Waals surface area contributed by atoms with Crippen LogP contribution in [0.1, 0.15) is 66.8 Å². The third-order valence-corrected chi connectivity index (χ3v) is 15.4. The van der Waals surface area contributed by atoms with Gasteiger partial charge in [-0.2, -0.15) is 42.1 Å². The van der Waals surface area contributed by atoms with E-state index in [0.29, 0.717) is 66.8 Å². The van der Waals surface area contributed by atoms with E-state index in [4.69, 9.17) is 0 Å². The third kappa shape index (κ3) is 7.13. The number of allylic oxidation sites excluding steroid dienone is 8. The molecule has 290 valence electrons. The van der Waals surface area contributed by atoms with Gasteiger partial charge in [-0.05, 0) is 81.9 Å². The molecule has 0 atom stereocenters. The molecule has 62 heavy (non-hydrogen) atoms. The summed E-state index contributed by atoms with van der Waals surface area (Å²) < 4.78 is 0. The minimum atomic E-state index is -1.75. The summed E-state index contributed by atoms with van der Waals surface area (Å²) in [6.07, 6.45) is 0. The third-order valence-electron chi connectivity index (χ3n) is 11.2. The first-order valence-electron chi connectivity index (χ1n) is 19.6. The van der Waals surface area contributed by atoms with E-state index >= 15 is 0 Å². The molecule has 0 bridgehead atoms. The summed E-state index contributed by atoms with van der Waals surface area (Å²) in [5.74, 6) is 0. The van der Waals surface area contributed by atoms with Gasteiger partial charge in [0.25, 0.3) is 0 Å². The van der Waals surface area contributed by atoms with Gasteiger partial charge >= 0.3 is 0 Å². The van der Waals surface area contributed by atoms with E-state index < -0.39 is 16.1 Å². The number of nitrogens with zero attached hydrogens (tertiary/aromatic N) is 8. The zero-order valence-corrected chi connectivity index (χ0v) is 36.8. The van der Waals surface area contributed by atoms with E-state index in [1.54, 1.807) is 30.3 Å². The van der Waals surface area contributed by atoms with Crippen LogP contribution in [0.4, 0.5) is 0 Å². The Morgan fingerprint density at radius 2 is 0.677 bits per heavy atom. The van der Waals surface area contributed by atoms with Crippen molar-refractivity contribution in [3.63, 3.8) is 0 Å². The number of hydrogen-bond acceptors (Lipinski definition) is 8. The van der Waals surface area contributed by atoms with Crippen molar-refractivity contribution in [3.8, 4) is 48.6 Å². The smallest absolute Gasteiger partial charge is 0.100 e. The predicted octanol–water partition coefficient (Wildman–Crippen LogP) is 10.0. The molecule has 0 saturated carbocycles. The minimum Gasteiger partial charge on any atom is -0.192 e. The largest absolute Gasteiger partial charge is 0.192 e. The maximum Gasteiger partial charge on any atom is 0.100 e. The highest BCUT2D eigenvalue weighted by Gasteiger charge is 2.38. The van der Waals surface area contributed by atoms with Crippen LogP contribution < -0.4 is 10.4 Å². The molecule has 0 amide bonds. The van der Waals surface area contributed by atoms with E-state index in [-0.39, 0.29) is 44.5 Å². The molecule has 0 saturated heterocycles. The first kappa shape index (κ1) is 41.6. The Hall–Kier alpha value is -8.59. The fraction of sp³-hybridized carbons (Fsp3) is 0.115. The van der Waals surface area contributed by atoms with Crippen LogP contribution in [0.15, 0.2) is 97.1 Å². The highest BCUT2D eigenvalue weighted by molar-refractivity contribution is 6.89. The quantitative estimate of drug-likeness (QED) is 0.119. The van der Waals surface area contributed by atoms with Crippen LogP contribution in [0, 0.1) is 90.6 Å². The van der Waals surface area contributed by atoms with Gasteiger partial charge in [0.15, 0.2) is 0 Å². The molecule has 0 unspecified atom stereocenters. The van der Waals surface area contributed by atoms with Crippen LogP contribution in [0.3, 0.4) is 0 Å². The van der Waals surface area contributed by atoms with Crippen molar-refractivity contribution in [2.45, 2.75) is 39.3 Å². The average molecular weight is 827 g/mol. The molecule has 10 heteroatoms. The second-order valence-corrected chi connectivity index (χ2v) is 27.2. The van der Waals surface area contributed by atoms with E-state index in [0.717, 1.165) is 0 Å². The van der Waals surface area contributed by atoms with Crippen molar-refractivity contribution in [2.24, 2.45) is 0 Å². The average Bonchev–Trinajstić information content (AvgIpc) is 3.76. The molecule has 0 aliphatic heterocycles. The van der Waals surface area contributed by atoms with Crippen LogP contribution in [0.2, 0.25) is 39.3 Å². The topological polar surface area (TPSA) is 190 Å². The van der Waals surface area contributed by atoms with Gasteiger partial charge in [0.2, 0.25) is 0 Å². The maximum absolute atomic E-state index is 11.1. The molecular formula is C52H34N8Si2. The lowest BCUT2D eigenvalue weighted by Gasteiger charge is -2.18. The molecular weight excluding hydrogens is 793 g/mol. The zero-order chi connectivity index (χ0) is 44.7. The Kier molecular flexibility index (Phi) is 10.6. The standard InChI is InChI=1S/C52H34N8Si2/c1-61(2,3)39-11-7-35(8-12-39)49-47(29-59)41-21-42-44(22-43(41)51(49)45(27-57)37-17-31(23-53)15-32(18-37)24-54)52(46(28-58)38-19-33(25-55)16-34(20-38)26-56)50(48(42)30-60)36-9-13-40(14-10-36)62(4,5)6/h7-22H,1-6H3/b51-45-,52-46-. The van der Waals surface area contributed by atoms with Crippen LogP contribution in [-0.4, -0.2) is 16.1 Å². The molecule has 0 heterocycles. The Balaban J connectivity index is 1.65. The Morgan fingerprint density at radius 1 is 0.371 bits per heavy atom. The van der Waals surface area contributed by atoms with Crippen molar-refractivity contribution in [3.05, 3.63) is 164 Å². The Morgan fingerprint density at radius 3 is 0.935 bits per heavy atom. The molecule has 0 aromatic heterocycles. The van der Waals surface area contributed by atoms with Crippen molar-refractivity contribution < 1.29 is 0 Å². The molecule has 0 radical (unpaired) electrons. The lowest BCUT2D eigenvalue weighted by atomic mass is 9.85. The molecule has 0 spiro atoms. The highest BCUT2D eigenvalue weighted by Crippen LogP contribution is 2.56. The summed E-state index contributed by atoms with van der Waals surface area (Å²) in [6, 6.07) is 46.5. The fourth-order valence-electron chi connectivity index (χ4n) is 8.15. The SMILES string of the molecule is C[Si](C)(C)c1ccc(C2=C(C#N)c3cc4c(cc3/C2=C(\C#N)c2cc(C#N)cc(C#N)c2)/C(=C(\C#N)c2cc(C#N)cc(C#N)c2)C(c2ccc([Si](C)(C)C)cc2)=C4C#N)cc1. The Bertz CT molecular complexity index is 3020. The molecule has 2 aliphatic carbocycles. The zero-order valence-electron chi connectivity index (χ0n) is 34.8. The van der Waals surface area contributed by atoms with Crippen LogP contribution in [0.5, 0.6) is 0 Å². The number of rotatable bonds is 6. The van der Waals surface area contributed by atoms with E-state index in [2.05, 4.69) is 87.8 Å². The van der Waals surface area contributed by atoms with Gasteiger partial charge in [-0.15, -0.1) is 0 Å². The van der Waals surface area contributed by atoms with Crippen molar-refractivity contribution in [1.29, 1.82) is 42.1 Å². The number of nitriles is 8. The van der Waals surface area contributed by atoms with Crippen LogP contribution in [0.25, 0.3) is 44.6 Å². The monoisotopic (exact) mass is 826 g/mol. The Labute approximate surface area is 363 Å². The van der Waals surface area contributed by atoms with E-state index in [1.165, 1.54) is 22.5 Å². The lowest BCUT2D eigenvalue weighted by Crippen LogP contribution is -2.37. The van der Waals surface area contributed by atoms with Gasteiger partial charge in [-0.3, -0.25) is 0 Å². The highest BCUT2D eigenvalue weighted by atomic mass is 28.3. The lowest BCUT2D eigenvalue weighted by molar-refractivity contribution is 1.43. The predicted molar refractivity (Wildman–Crippen MR) is 247 cm³/mol. The second kappa shape index (κ2) is 15.9. The second-order valence-electron chi connectivity index (χ2n) is 17.1. The number of fused-ring (bicyclic) bond motifs is 2. The summed E-state index contributed by atoms with van der Waals surface area (Å²) >= 11 is 0. The molecule has 0 N–H and O–H groups in total. The van der Waals surface area contributed by atoms with Gasteiger partial charge < -0.3 is 0 Å². The maximum atomic E-state index is 11.1. The molecule has 8 nitrogen and oxygen atoms in total. The summed E-state index contributed by atoms with van der Waals surface area (Å²) in [4.78, 5) is 0. The van der Waals surface area contributed by atoms with Gasteiger partial charge in [0.1, 0.15) is 24.3 Å². The number of hydrogen-bond donors (Lipinski definition) is 0. The molecule has 5 aromatic rings. The van der Waals surface area contributed by atoms with Crippen molar-refractivity contribution >= 4 is 71.1 Å². The van der Waals surface area contributed by atoms with Gasteiger partial charge in [-0.1, -0.05) is 98.2 Å². The van der Waals surface area contributed by atoms with E-state index in [1.807, 2.05) is 54.6 Å². The summed E-state index contributed by atoms with van der Waals surface area (Å²) in [5.41, 5.74) is 7.07. The summed E-state index contributed by atoms with van der Waals surface area (Å²) in [6.45, 7) is 13.4. The van der Waals surface area contributed by atoms with Crippen molar-refractivity contribution in [1.82, 2.24) is 0 Å². The van der Waals surface area contributed by atoms with E-state index in [9.17, 15) is 42.1 Å². The van der Waals surface area contributed by atoms with Crippen molar-refractivity contribution in [2.75, 3.05) is 0 Å². The van der Waals surface area contributed by atoms with Gasteiger partial charge in [-0.25, -0.2) is 0 Å². The molecule has 2 aliphatic rings. The first-order chi connectivity index (χ1) is 29.6. The fourth-order valence-corrected chi connectivity index (χ4v) is 10.5. The summed E-state index contributed by atoms with van der Waals surface area (Å²) in [7, 11) is -3.49. The number of benzene rings is 5. The minimum absolute atomic E-state index is 0.120. The molecule has 0 fully saturated rings. The summed E-state index contributed by atoms with van der Waals surface area (Å²) in [5, 5.41) is 86.6. The van der Waals surface area contributed by atoms with Gasteiger partial charge in [0.05, 0.1) is 85.0 Å². The van der Waals surface area contributed by atoms with Gasteiger partial charge in [0, 0.05) is 33.4 Å². The first-order valence-corrected chi connectivity index (χ1v) is 26.6. The normalized spacial score (nSPS) is 14.4. The van der Waals surface area contributed by atoms with Crippen LogP contribution in [-0.2, 0) is 0 Å². The molecule has 7 rings (SSSR count). The van der Waals surface area contributed by atoms with Crippen LogP contribution >= 0.6 is 0 Å². The molecule has 5 aromatic carbocycles.